The number of aryl methyl sites for hydroxylation is 1. The second-order valence-electron chi connectivity index (χ2n) is 8.21. The first-order valence-corrected chi connectivity index (χ1v) is 10.4. The summed E-state index contributed by atoms with van der Waals surface area (Å²) in [5.41, 5.74) is 10.5. The van der Waals surface area contributed by atoms with Crippen LogP contribution in [0.3, 0.4) is 0 Å². The van der Waals surface area contributed by atoms with Crippen LogP contribution < -0.4 is 5.73 Å². The maximum Gasteiger partial charge on any atom is 0.230 e. The number of aromatic nitrogens is 1. The number of nitrogen functional groups attached to an aromatic ring is 1. The third kappa shape index (κ3) is 3.65. The highest BCUT2D eigenvalue weighted by Gasteiger charge is 2.33. The quantitative estimate of drug-likeness (QED) is 0.560. The summed E-state index contributed by atoms with van der Waals surface area (Å²) in [4.78, 5) is 17.8. The summed E-state index contributed by atoms with van der Waals surface area (Å²) >= 11 is 5.94. The highest BCUT2D eigenvalue weighted by Crippen LogP contribution is 2.39. The van der Waals surface area contributed by atoms with Gasteiger partial charge < -0.3 is 14.9 Å². The van der Waals surface area contributed by atoms with Crippen LogP contribution >= 0.6 is 11.6 Å². The molecular weight excluding hydrogens is 388 g/mol. The molecule has 0 amide bonds. The van der Waals surface area contributed by atoms with Gasteiger partial charge in [0.15, 0.2) is 0 Å². The number of fused-ring (bicyclic) bond motifs is 3. The number of carbonyl (C=O) groups excluding carboxylic acids is 1. The van der Waals surface area contributed by atoms with Gasteiger partial charge in [-0.3, -0.25) is 4.79 Å². The fraction of sp³-hybridized carbons (Fsp3) is 0.391. The lowest BCUT2D eigenvalue weighted by Crippen LogP contribution is -2.32. The maximum absolute atomic E-state index is 13.0. The van der Waals surface area contributed by atoms with Crippen molar-refractivity contribution in [1.82, 2.24) is 4.98 Å². The molecule has 1 aliphatic rings. The molecule has 0 saturated carbocycles. The Morgan fingerprint density at radius 1 is 1.24 bits per heavy atom. The van der Waals surface area contributed by atoms with E-state index in [0.717, 1.165) is 41.5 Å². The SMILES string of the molecule is CCCCc1nc2oc(C(=O)c3ccc(Cl)cc3)c(N)c2c2c1COC(C)(C)C2. The molecule has 3 aromatic rings. The summed E-state index contributed by atoms with van der Waals surface area (Å²) < 4.78 is 12.0. The predicted octanol–water partition coefficient (Wildman–Crippen LogP) is 5.49. The van der Waals surface area contributed by atoms with Crippen LogP contribution in [0.2, 0.25) is 5.02 Å². The number of hydrogen-bond donors (Lipinski definition) is 1. The summed E-state index contributed by atoms with van der Waals surface area (Å²) in [6.45, 7) is 6.77. The average Bonchev–Trinajstić information content (AvgIpc) is 3.02. The zero-order valence-electron chi connectivity index (χ0n) is 17.0. The summed E-state index contributed by atoms with van der Waals surface area (Å²) in [5.74, 6) is -0.138. The van der Waals surface area contributed by atoms with Crippen LogP contribution in [0, 0.1) is 0 Å². The Kier molecular flexibility index (Phi) is 5.13. The minimum absolute atomic E-state index is 0.133. The van der Waals surface area contributed by atoms with Crippen LogP contribution in [0.15, 0.2) is 28.7 Å². The molecule has 0 saturated heterocycles. The molecule has 5 nitrogen and oxygen atoms in total. The topological polar surface area (TPSA) is 78.4 Å². The van der Waals surface area contributed by atoms with Gasteiger partial charge in [0.05, 0.1) is 29.0 Å². The third-order valence-electron chi connectivity index (χ3n) is 5.47. The Labute approximate surface area is 175 Å². The van der Waals surface area contributed by atoms with Crippen molar-refractivity contribution < 1.29 is 13.9 Å². The first kappa shape index (κ1) is 19.9. The Bertz CT molecular complexity index is 1080. The first-order chi connectivity index (χ1) is 13.8. The number of carbonyl (C=O) groups is 1. The Balaban J connectivity index is 1.88. The molecule has 0 unspecified atom stereocenters. The van der Waals surface area contributed by atoms with E-state index >= 15 is 0 Å². The summed E-state index contributed by atoms with van der Waals surface area (Å²) in [7, 11) is 0. The number of rotatable bonds is 5. The van der Waals surface area contributed by atoms with Gasteiger partial charge in [-0.1, -0.05) is 24.9 Å². The van der Waals surface area contributed by atoms with Gasteiger partial charge in [-0.2, -0.15) is 0 Å². The molecule has 0 radical (unpaired) electrons. The van der Waals surface area contributed by atoms with Crippen LogP contribution in [0.5, 0.6) is 0 Å². The second-order valence-corrected chi connectivity index (χ2v) is 8.64. The number of nitrogens with zero attached hydrogens (tertiary/aromatic N) is 1. The molecule has 2 N–H and O–H groups in total. The van der Waals surface area contributed by atoms with E-state index in [-0.39, 0.29) is 17.1 Å². The number of furan rings is 1. The highest BCUT2D eigenvalue weighted by molar-refractivity contribution is 6.30. The maximum atomic E-state index is 13.0. The number of ether oxygens (including phenoxy) is 1. The fourth-order valence-electron chi connectivity index (χ4n) is 3.88. The van der Waals surface area contributed by atoms with E-state index in [1.54, 1.807) is 24.3 Å². The van der Waals surface area contributed by atoms with Crippen molar-refractivity contribution in [3.8, 4) is 0 Å². The van der Waals surface area contributed by atoms with Crippen LogP contribution in [0.25, 0.3) is 11.1 Å². The first-order valence-electron chi connectivity index (χ1n) is 9.97. The van der Waals surface area contributed by atoms with Gasteiger partial charge in [-0.15, -0.1) is 0 Å². The molecule has 0 fully saturated rings. The molecule has 1 aromatic carbocycles. The average molecular weight is 413 g/mol. The molecule has 3 heterocycles. The number of nitrogens with two attached hydrogens (primary N) is 1. The molecule has 29 heavy (non-hydrogen) atoms. The Hall–Kier alpha value is -2.37. The van der Waals surface area contributed by atoms with E-state index in [0.29, 0.717) is 35.0 Å². The summed E-state index contributed by atoms with van der Waals surface area (Å²) in [6.07, 6.45) is 3.64. The fourth-order valence-corrected chi connectivity index (χ4v) is 4.00. The van der Waals surface area contributed by atoms with Crippen LogP contribution in [0.1, 0.15) is 66.6 Å². The van der Waals surface area contributed by atoms with Crippen molar-refractivity contribution in [3.05, 3.63) is 57.4 Å². The second kappa shape index (κ2) is 7.47. The van der Waals surface area contributed by atoms with Crippen molar-refractivity contribution in [1.29, 1.82) is 0 Å². The Morgan fingerprint density at radius 3 is 2.66 bits per heavy atom. The molecule has 6 heteroatoms. The van der Waals surface area contributed by atoms with Gasteiger partial charge in [-0.25, -0.2) is 4.98 Å². The number of pyridine rings is 1. The largest absolute Gasteiger partial charge is 0.432 e. The number of anilines is 1. The number of ketones is 1. The lowest BCUT2D eigenvalue weighted by molar-refractivity contribution is -0.0401. The van der Waals surface area contributed by atoms with Gasteiger partial charge >= 0.3 is 0 Å². The van der Waals surface area contributed by atoms with Crippen molar-refractivity contribution in [3.63, 3.8) is 0 Å². The molecule has 0 atom stereocenters. The lowest BCUT2D eigenvalue weighted by Gasteiger charge is -2.33. The monoisotopic (exact) mass is 412 g/mol. The lowest BCUT2D eigenvalue weighted by atomic mass is 9.88. The van der Waals surface area contributed by atoms with Crippen molar-refractivity contribution in [2.75, 3.05) is 5.73 Å². The molecule has 0 spiro atoms. The molecular formula is C23H25ClN2O3. The zero-order valence-corrected chi connectivity index (χ0v) is 17.7. The van der Waals surface area contributed by atoms with E-state index in [9.17, 15) is 4.79 Å². The van der Waals surface area contributed by atoms with Crippen molar-refractivity contribution >= 4 is 34.2 Å². The molecule has 2 aromatic heterocycles. The van der Waals surface area contributed by atoms with E-state index in [2.05, 4.69) is 20.8 Å². The zero-order chi connectivity index (χ0) is 20.8. The normalized spacial score (nSPS) is 15.4. The highest BCUT2D eigenvalue weighted by atomic mass is 35.5. The van der Waals surface area contributed by atoms with Crippen LogP contribution in [-0.2, 0) is 24.2 Å². The number of hydrogen-bond acceptors (Lipinski definition) is 5. The van der Waals surface area contributed by atoms with Gasteiger partial charge in [0.2, 0.25) is 17.3 Å². The minimum Gasteiger partial charge on any atom is -0.432 e. The van der Waals surface area contributed by atoms with Gasteiger partial charge in [0.1, 0.15) is 0 Å². The molecule has 152 valence electrons. The Morgan fingerprint density at radius 2 is 1.97 bits per heavy atom. The molecule has 0 aliphatic carbocycles. The summed E-state index contributed by atoms with van der Waals surface area (Å²) in [6, 6.07) is 6.69. The van der Waals surface area contributed by atoms with Gasteiger partial charge in [-0.05, 0) is 56.5 Å². The minimum atomic E-state index is -0.312. The molecule has 1 aliphatic heterocycles. The molecule has 0 bridgehead atoms. The number of benzene rings is 1. The van der Waals surface area contributed by atoms with Crippen molar-refractivity contribution in [2.45, 2.75) is 58.7 Å². The summed E-state index contributed by atoms with van der Waals surface area (Å²) in [5, 5.41) is 1.31. The van der Waals surface area contributed by atoms with E-state index < -0.39 is 0 Å². The van der Waals surface area contributed by atoms with Crippen LogP contribution in [0.4, 0.5) is 5.69 Å². The van der Waals surface area contributed by atoms with E-state index in [1.165, 1.54) is 0 Å². The number of halogens is 1. The standard InChI is InChI=1S/C23H25ClN2O3/c1-4-5-6-17-16-12-28-23(2,3)11-15(16)18-19(25)21(29-22(18)26-17)20(27)13-7-9-14(24)10-8-13/h7-10H,4-6,11-12,25H2,1-3H3. The van der Waals surface area contributed by atoms with Crippen molar-refractivity contribution in [2.24, 2.45) is 0 Å². The third-order valence-corrected chi connectivity index (χ3v) is 5.72. The van der Waals surface area contributed by atoms with Crippen LogP contribution in [-0.4, -0.2) is 16.4 Å². The smallest absolute Gasteiger partial charge is 0.230 e. The predicted molar refractivity (Wildman–Crippen MR) is 114 cm³/mol. The van der Waals surface area contributed by atoms with Gasteiger partial charge in [0.25, 0.3) is 0 Å². The van der Waals surface area contributed by atoms with E-state index in [1.807, 2.05) is 0 Å². The van der Waals surface area contributed by atoms with Gasteiger partial charge in [0, 0.05) is 22.6 Å². The van der Waals surface area contributed by atoms with E-state index in [4.69, 9.17) is 31.5 Å². The number of unbranched alkanes of at least 4 members (excludes halogenated alkanes) is 1. The molecule has 4 rings (SSSR count).